The highest BCUT2D eigenvalue weighted by Crippen LogP contribution is 2.21. The minimum absolute atomic E-state index is 0.759. The summed E-state index contributed by atoms with van der Waals surface area (Å²) in [5.74, 6) is 1.04. The molecule has 1 aromatic rings. The van der Waals surface area contributed by atoms with Crippen LogP contribution in [0, 0.1) is 0 Å². The van der Waals surface area contributed by atoms with Gasteiger partial charge in [-0.1, -0.05) is 23.7 Å². The molecule has 0 spiro atoms. The Morgan fingerprint density at radius 2 is 2.09 bits per heavy atom. The maximum absolute atomic E-state index is 5.93. The normalized spacial score (nSPS) is 17.7. The lowest BCUT2D eigenvalue weighted by molar-refractivity contribution is 0.508. The van der Waals surface area contributed by atoms with Crippen molar-refractivity contribution in [3.63, 3.8) is 0 Å². The smallest absolute Gasteiger partial charge is 0.131 e. The van der Waals surface area contributed by atoms with E-state index in [1.54, 1.807) is 0 Å². The number of benzene rings is 1. The van der Waals surface area contributed by atoms with Gasteiger partial charge in [-0.15, -0.1) is 0 Å². The van der Waals surface area contributed by atoms with Gasteiger partial charge in [0.2, 0.25) is 0 Å². The van der Waals surface area contributed by atoms with Gasteiger partial charge in [-0.2, -0.15) is 0 Å². The van der Waals surface area contributed by atoms with Crippen molar-refractivity contribution in [3.8, 4) is 0 Å². The lowest BCUT2D eigenvalue weighted by Crippen LogP contribution is -2.35. The Balaban J connectivity index is 1.74. The predicted molar refractivity (Wildman–Crippen MR) is 93.6 cm³/mol. The number of hydrogen-bond acceptors (Lipinski definition) is 3. The highest BCUT2D eigenvalue weighted by Gasteiger charge is 2.18. The van der Waals surface area contributed by atoms with Crippen molar-refractivity contribution in [2.45, 2.75) is 13.3 Å². The van der Waals surface area contributed by atoms with Gasteiger partial charge in [0.25, 0.3) is 0 Å². The first-order valence-electron chi connectivity index (χ1n) is 7.25. The molecule has 2 heterocycles. The summed E-state index contributed by atoms with van der Waals surface area (Å²) < 4.78 is 0. The van der Waals surface area contributed by atoms with Gasteiger partial charge < -0.3 is 4.90 Å². The van der Waals surface area contributed by atoms with E-state index in [2.05, 4.69) is 46.2 Å². The number of amidine groups is 1. The molecule has 0 bridgehead atoms. The molecule has 0 saturated heterocycles. The molecule has 2 aliphatic heterocycles. The number of allylic oxidation sites excluding steroid dienone is 4. The second-order valence-corrected chi connectivity index (χ2v) is 5.83. The van der Waals surface area contributed by atoms with Gasteiger partial charge in [0.15, 0.2) is 0 Å². The molecule has 3 nitrogen and oxygen atoms in total. The zero-order chi connectivity index (χ0) is 15.5. The molecule has 1 aromatic carbocycles. The summed E-state index contributed by atoms with van der Waals surface area (Å²) in [6, 6.07) is 7.91. The molecule has 0 aliphatic carbocycles. The molecule has 0 fully saturated rings. The van der Waals surface area contributed by atoms with Crippen LogP contribution in [0.1, 0.15) is 12.5 Å². The fraction of sp³-hybridized carbons (Fsp3) is 0.222. The van der Waals surface area contributed by atoms with Crippen LogP contribution in [0.3, 0.4) is 0 Å². The Kier molecular flexibility index (Phi) is 4.25. The van der Waals surface area contributed by atoms with Crippen molar-refractivity contribution >= 4 is 23.1 Å². The molecule has 0 saturated carbocycles. The second-order valence-electron chi connectivity index (χ2n) is 5.39. The lowest BCUT2D eigenvalue weighted by atomic mass is 10.0. The molecular weight excluding hydrogens is 294 g/mol. The van der Waals surface area contributed by atoms with Crippen molar-refractivity contribution in [2.75, 3.05) is 13.7 Å². The van der Waals surface area contributed by atoms with E-state index in [4.69, 9.17) is 11.6 Å². The highest BCUT2D eigenvalue weighted by molar-refractivity contribution is 6.30. The number of hydrogen-bond donors (Lipinski definition) is 0. The van der Waals surface area contributed by atoms with E-state index >= 15 is 0 Å². The van der Waals surface area contributed by atoms with Crippen LogP contribution < -0.4 is 0 Å². The summed E-state index contributed by atoms with van der Waals surface area (Å²) in [4.78, 5) is 10.8. The molecule has 2 aliphatic rings. The van der Waals surface area contributed by atoms with Crippen molar-refractivity contribution < 1.29 is 0 Å². The van der Waals surface area contributed by atoms with Gasteiger partial charge >= 0.3 is 0 Å². The van der Waals surface area contributed by atoms with Gasteiger partial charge in [0.05, 0.1) is 0 Å². The van der Waals surface area contributed by atoms with E-state index in [1.807, 2.05) is 31.3 Å². The largest absolute Gasteiger partial charge is 0.312 e. The molecular formula is C18H18ClN3. The maximum atomic E-state index is 5.93. The first-order chi connectivity index (χ1) is 10.7. The van der Waals surface area contributed by atoms with Crippen molar-refractivity contribution in [3.05, 3.63) is 70.4 Å². The van der Waals surface area contributed by atoms with E-state index < -0.39 is 0 Å². The topological polar surface area (TPSA) is 28.0 Å². The second kappa shape index (κ2) is 6.32. The van der Waals surface area contributed by atoms with Gasteiger partial charge in [-0.05, 0) is 54.0 Å². The van der Waals surface area contributed by atoms with Gasteiger partial charge in [0, 0.05) is 30.4 Å². The number of fused-ring (bicyclic) bond motifs is 1. The third kappa shape index (κ3) is 3.20. The highest BCUT2D eigenvalue weighted by atomic mass is 35.5. The monoisotopic (exact) mass is 311 g/mol. The Hall–Kier alpha value is -2.13. The Bertz CT molecular complexity index is 721. The summed E-state index contributed by atoms with van der Waals surface area (Å²) in [6.45, 7) is 2.88. The van der Waals surface area contributed by atoms with Crippen LogP contribution in [-0.2, 0) is 6.42 Å². The number of halogens is 1. The zero-order valence-corrected chi connectivity index (χ0v) is 13.5. The first-order valence-corrected chi connectivity index (χ1v) is 7.63. The summed E-state index contributed by atoms with van der Waals surface area (Å²) in [7, 11) is 1.83. The van der Waals surface area contributed by atoms with Crippen LogP contribution in [0.4, 0.5) is 0 Å². The Morgan fingerprint density at radius 3 is 2.68 bits per heavy atom. The maximum Gasteiger partial charge on any atom is 0.131 e. The third-order valence-corrected chi connectivity index (χ3v) is 4.06. The van der Waals surface area contributed by atoms with Gasteiger partial charge in [-0.3, -0.25) is 4.99 Å². The quantitative estimate of drug-likeness (QED) is 0.772. The van der Waals surface area contributed by atoms with E-state index in [9.17, 15) is 0 Å². The van der Waals surface area contributed by atoms with Crippen LogP contribution in [-0.4, -0.2) is 30.2 Å². The number of aliphatic imine (C=N–C) groups is 2. The van der Waals surface area contributed by atoms with E-state index in [-0.39, 0.29) is 0 Å². The summed E-state index contributed by atoms with van der Waals surface area (Å²) in [5, 5.41) is 0.759. The van der Waals surface area contributed by atoms with Crippen LogP contribution >= 0.6 is 11.6 Å². The number of rotatable bonds is 4. The van der Waals surface area contributed by atoms with Gasteiger partial charge in [-0.25, -0.2) is 4.99 Å². The summed E-state index contributed by atoms with van der Waals surface area (Å²) in [6.07, 6.45) is 9.25. The third-order valence-electron chi connectivity index (χ3n) is 3.81. The molecule has 0 atom stereocenters. The van der Waals surface area contributed by atoms with Crippen molar-refractivity contribution in [2.24, 2.45) is 9.98 Å². The fourth-order valence-corrected chi connectivity index (χ4v) is 2.56. The molecule has 0 radical (unpaired) electrons. The molecule has 22 heavy (non-hydrogen) atoms. The molecule has 0 amide bonds. The fourth-order valence-electron chi connectivity index (χ4n) is 2.44. The molecule has 3 rings (SSSR count). The number of nitrogens with zero attached hydrogens (tertiary/aromatic N) is 3. The van der Waals surface area contributed by atoms with Crippen LogP contribution in [0.5, 0.6) is 0 Å². The van der Waals surface area contributed by atoms with E-state index in [0.29, 0.717) is 0 Å². The first kappa shape index (κ1) is 14.8. The van der Waals surface area contributed by atoms with E-state index in [1.165, 1.54) is 16.7 Å². The molecule has 4 heteroatoms. The Labute approximate surface area is 136 Å². The van der Waals surface area contributed by atoms with Crippen LogP contribution in [0.2, 0.25) is 5.02 Å². The lowest BCUT2D eigenvalue weighted by Gasteiger charge is -2.30. The standard InChI is InChI=1S/C18H18ClN3/c1-13(15-5-8-18-21-12-22(18)11-15)9-17(20-2)10-14-3-6-16(19)7-4-14/h3-9,11H,10,12H2,1-2H3/b13-9+,20-17+. The predicted octanol–water partition coefficient (Wildman–Crippen LogP) is 4.02. The summed E-state index contributed by atoms with van der Waals surface area (Å²) >= 11 is 5.93. The summed E-state index contributed by atoms with van der Waals surface area (Å²) in [5.41, 5.74) is 4.67. The molecule has 0 N–H and O–H groups in total. The molecule has 0 aromatic heterocycles. The Morgan fingerprint density at radius 1 is 1.32 bits per heavy atom. The zero-order valence-electron chi connectivity index (χ0n) is 12.8. The minimum Gasteiger partial charge on any atom is -0.312 e. The average Bonchev–Trinajstić information content (AvgIpc) is 2.50. The minimum atomic E-state index is 0.759. The van der Waals surface area contributed by atoms with Crippen molar-refractivity contribution in [1.29, 1.82) is 0 Å². The van der Waals surface area contributed by atoms with Crippen molar-refractivity contribution in [1.82, 2.24) is 4.90 Å². The average molecular weight is 312 g/mol. The van der Waals surface area contributed by atoms with Gasteiger partial charge in [0.1, 0.15) is 12.5 Å². The van der Waals surface area contributed by atoms with Crippen LogP contribution in [0.15, 0.2) is 69.8 Å². The molecule has 0 unspecified atom stereocenters. The van der Waals surface area contributed by atoms with Crippen LogP contribution in [0.25, 0.3) is 0 Å². The SMILES string of the molecule is C/N=C(\C=C(/C)C1=CN2CN=C2C=C1)Cc1ccc(Cl)cc1. The molecule has 112 valence electrons. The van der Waals surface area contributed by atoms with E-state index in [0.717, 1.165) is 29.7 Å².